The zero-order valence-corrected chi connectivity index (χ0v) is 9.48. The molecule has 0 aromatic heterocycles. The van der Waals surface area contributed by atoms with Gasteiger partial charge in [0.1, 0.15) is 0 Å². The molecular formula is C12H21NO2. The van der Waals surface area contributed by atoms with Crippen LogP contribution < -0.4 is 0 Å². The summed E-state index contributed by atoms with van der Waals surface area (Å²) in [5.41, 5.74) is 0. The van der Waals surface area contributed by atoms with Gasteiger partial charge in [-0.05, 0) is 31.6 Å². The quantitative estimate of drug-likeness (QED) is 0.753. The highest BCUT2D eigenvalue weighted by molar-refractivity contribution is 5.79. The predicted molar refractivity (Wildman–Crippen MR) is 58.4 cm³/mol. The minimum Gasteiger partial charge on any atom is -0.391 e. The molecule has 0 aromatic carbocycles. The Bertz CT molecular complexity index is 234. The second kappa shape index (κ2) is 4.52. The molecular weight excluding hydrogens is 190 g/mol. The van der Waals surface area contributed by atoms with Gasteiger partial charge >= 0.3 is 0 Å². The molecule has 2 fully saturated rings. The lowest BCUT2D eigenvalue weighted by molar-refractivity contribution is -0.130. The summed E-state index contributed by atoms with van der Waals surface area (Å²) in [6, 6.07) is 0.414. The summed E-state index contributed by atoms with van der Waals surface area (Å²) in [6.45, 7) is 2.82. The molecule has 1 unspecified atom stereocenters. The topological polar surface area (TPSA) is 40.5 Å². The standard InChI is InChI=1S/C12H21NO2/c1-2-9-3-5-10(6-4-9)13-8-11(14)7-12(13)15/h9-11,14H,2-8H2,1H3. The molecule has 0 bridgehead atoms. The smallest absolute Gasteiger partial charge is 0.225 e. The first-order valence-electron chi connectivity index (χ1n) is 6.18. The van der Waals surface area contributed by atoms with E-state index in [2.05, 4.69) is 6.92 Å². The molecule has 2 rings (SSSR count). The fraction of sp³-hybridized carbons (Fsp3) is 0.917. The number of rotatable bonds is 2. The second-order valence-electron chi connectivity index (χ2n) is 4.99. The van der Waals surface area contributed by atoms with E-state index in [0.29, 0.717) is 19.0 Å². The van der Waals surface area contributed by atoms with Crippen molar-refractivity contribution in [2.75, 3.05) is 6.54 Å². The average molecular weight is 211 g/mol. The van der Waals surface area contributed by atoms with E-state index in [0.717, 1.165) is 18.8 Å². The molecule has 0 spiro atoms. The fourth-order valence-electron chi connectivity index (χ4n) is 2.93. The summed E-state index contributed by atoms with van der Waals surface area (Å²) in [7, 11) is 0. The van der Waals surface area contributed by atoms with Crippen LogP contribution in [0.25, 0.3) is 0 Å². The van der Waals surface area contributed by atoms with E-state index < -0.39 is 6.10 Å². The van der Waals surface area contributed by atoms with Crippen molar-refractivity contribution in [1.82, 2.24) is 4.90 Å². The molecule has 0 radical (unpaired) electrons. The lowest BCUT2D eigenvalue weighted by Crippen LogP contribution is -2.39. The van der Waals surface area contributed by atoms with Crippen LogP contribution in [0.5, 0.6) is 0 Å². The monoisotopic (exact) mass is 211 g/mol. The molecule has 1 amide bonds. The summed E-state index contributed by atoms with van der Waals surface area (Å²) in [5.74, 6) is 1.02. The highest BCUT2D eigenvalue weighted by Crippen LogP contribution is 2.31. The van der Waals surface area contributed by atoms with Gasteiger partial charge in [-0.1, -0.05) is 13.3 Å². The first kappa shape index (κ1) is 10.9. The van der Waals surface area contributed by atoms with Gasteiger partial charge in [0, 0.05) is 12.6 Å². The number of carbonyl (C=O) groups excluding carboxylic acids is 1. The van der Waals surface area contributed by atoms with E-state index >= 15 is 0 Å². The molecule has 1 heterocycles. The maximum atomic E-state index is 11.6. The number of likely N-dealkylation sites (tertiary alicyclic amines) is 1. The number of carbonyl (C=O) groups is 1. The molecule has 1 aliphatic heterocycles. The van der Waals surface area contributed by atoms with Crippen LogP contribution in [0, 0.1) is 5.92 Å². The number of aliphatic hydroxyl groups is 1. The Labute approximate surface area is 91.5 Å². The third-order valence-electron chi connectivity index (χ3n) is 3.97. The highest BCUT2D eigenvalue weighted by atomic mass is 16.3. The molecule has 1 aliphatic carbocycles. The molecule has 1 N–H and O–H groups in total. The van der Waals surface area contributed by atoms with Crippen molar-refractivity contribution in [3.8, 4) is 0 Å². The molecule has 86 valence electrons. The third-order valence-corrected chi connectivity index (χ3v) is 3.97. The van der Waals surface area contributed by atoms with E-state index in [1.807, 2.05) is 4.90 Å². The number of hydrogen-bond acceptors (Lipinski definition) is 2. The van der Waals surface area contributed by atoms with E-state index in [4.69, 9.17) is 0 Å². The van der Waals surface area contributed by atoms with Crippen LogP contribution >= 0.6 is 0 Å². The van der Waals surface area contributed by atoms with Gasteiger partial charge in [0.2, 0.25) is 5.91 Å². The Morgan fingerprint density at radius 3 is 2.47 bits per heavy atom. The molecule has 1 saturated carbocycles. The van der Waals surface area contributed by atoms with Crippen LogP contribution in [0.2, 0.25) is 0 Å². The Hall–Kier alpha value is -0.570. The predicted octanol–water partition coefficient (Wildman–Crippen LogP) is 1.55. The van der Waals surface area contributed by atoms with Crippen LogP contribution in [0.1, 0.15) is 45.4 Å². The SMILES string of the molecule is CCC1CCC(N2CC(O)CC2=O)CC1. The Balaban J connectivity index is 1.88. The van der Waals surface area contributed by atoms with Gasteiger partial charge in [-0.15, -0.1) is 0 Å². The van der Waals surface area contributed by atoms with Crippen molar-refractivity contribution in [1.29, 1.82) is 0 Å². The maximum absolute atomic E-state index is 11.6. The van der Waals surface area contributed by atoms with E-state index in [1.54, 1.807) is 0 Å². The van der Waals surface area contributed by atoms with Crippen molar-refractivity contribution in [3.05, 3.63) is 0 Å². The molecule has 1 saturated heterocycles. The van der Waals surface area contributed by atoms with Gasteiger partial charge in [0.25, 0.3) is 0 Å². The van der Waals surface area contributed by atoms with Gasteiger partial charge in [0.15, 0.2) is 0 Å². The zero-order chi connectivity index (χ0) is 10.8. The van der Waals surface area contributed by atoms with Gasteiger partial charge in [-0.25, -0.2) is 0 Å². The van der Waals surface area contributed by atoms with Crippen LogP contribution in [0.15, 0.2) is 0 Å². The number of nitrogens with zero attached hydrogens (tertiary/aromatic N) is 1. The van der Waals surface area contributed by atoms with Crippen molar-refractivity contribution in [2.24, 2.45) is 5.92 Å². The number of amides is 1. The van der Waals surface area contributed by atoms with Crippen molar-refractivity contribution in [2.45, 2.75) is 57.6 Å². The van der Waals surface area contributed by atoms with Crippen LogP contribution in [-0.4, -0.2) is 34.6 Å². The lowest BCUT2D eigenvalue weighted by atomic mass is 9.84. The third kappa shape index (κ3) is 2.33. The second-order valence-corrected chi connectivity index (χ2v) is 4.99. The van der Waals surface area contributed by atoms with Gasteiger partial charge < -0.3 is 10.0 Å². The fourth-order valence-corrected chi connectivity index (χ4v) is 2.93. The first-order chi connectivity index (χ1) is 7.20. The highest BCUT2D eigenvalue weighted by Gasteiger charge is 2.34. The van der Waals surface area contributed by atoms with E-state index in [1.165, 1.54) is 19.3 Å². The van der Waals surface area contributed by atoms with Gasteiger partial charge in [-0.3, -0.25) is 4.79 Å². The number of β-amino-alcohol motifs (C(OH)–C–C–N with tert-alkyl or cyclic N) is 1. The summed E-state index contributed by atoms with van der Waals surface area (Å²) >= 11 is 0. The Kier molecular flexibility index (Phi) is 3.29. The normalized spacial score (nSPS) is 37.3. The van der Waals surface area contributed by atoms with Crippen LogP contribution in [0.4, 0.5) is 0 Å². The number of hydrogen-bond donors (Lipinski definition) is 1. The molecule has 1 atom stereocenters. The van der Waals surface area contributed by atoms with E-state index in [9.17, 15) is 9.90 Å². The molecule has 2 aliphatic rings. The average Bonchev–Trinajstić information content (AvgIpc) is 2.58. The lowest BCUT2D eigenvalue weighted by Gasteiger charge is -2.34. The largest absolute Gasteiger partial charge is 0.391 e. The molecule has 0 aromatic rings. The van der Waals surface area contributed by atoms with Crippen molar-refractivity contribution < 1.29 is 9.90 Å². The number of aliphatic hydroxyl groups excluding tert-OH is 1. The van der Waals surface area contributed by atoms with E-state index in [-0.39, 0.29) is 5.91 Å². The Morgan fingerprint density at radius 1 is 1.33 bits per heavy atom. The van der Waals surface area contributed by atoms with Crippen molar-refractivity contribution in [3.63, 3.8) is 0 Å². The molecule has 15 heavy (non-hydrogen) atoms. The minimum absolute atomic E-state index is 0.155. The van der Waals surface area contributed by atoms with Gasteiger partial charge in [-0.2, -0.15) is 0 Å². The summed E-state index contributed by atoms with van der Waals surface area (Å²) in [6.07, 6.45) is 5.97. The minimum atomic E-state index is -0.415. The summed E-state index contributed by atoms with van der Waals surface area (Å²) < 4.78 is 0. The summed E-state index contributed by atoms with van der Waals surface area (Å²) in [4.78, 5) is 13.5. The van der Waals surface area contributed by atoms with Gasteiger partial charge in [0.05, 0.1) is 12.5 Å². The summed E-state index contributed by atoms with van der Waals surface area (Å²) in [5, 5.41) is 9.44. The van der Waals surface area contributed by atoms with Crippen molar-refractivity contribution >= 4 is 5.91 Å². The van der Waals surface area contributed by atoms with Crippen LogP contribution in [-0.2, 0) is 4.79 Å². The van der Waals surface area contributed by atoms with Crippen LogP contribution in [0.3, 0.4) is 0 Å². The molecule has 3 heteroatoms. The zero-order valence-electron chi connectivity index (χ0n) is 9.48. The Morgan fingerprint density at radius 2 is 2.00 bits per heavy atom. The molecule has 3 nitrogen and oxygen atoms in total. The maximum Gasteiger partial charge on any atom is 0.225 e. The first-order valence-corrected chi connectivity index (χ1v) is 6.18.